The molecule has 0 spiro atoms. The van der Waals surface area contributed by atoms with Gasteiger partial charge < -0.3 is 10.1 Å². The molecule has 0 fully saturated rings. The zero-order valence-corrected chi connectivity index (χ0v) is 15.0. The van der Waals surface area contributed by atoms with Crippen molar-refractivity contribution in [2.45, 2.75) is 6.92 Å². The first kappa shape index (κ1) is 17.4. The van der Waals surface area contributed by atoms with Gasteiger partial charge in [-0.05, 0) is 49.2 Å². The summed E-state index contributed by atoms with van der Waals surface area (Å²) < 4.78 is 20.2. The predicted octanol–water partition coefficient (Wildman–Crippen LogP) is 4.99. The largest absolute Gasteiger partial charge is 0.452 e. The van der Waals surface area contributed by atoms with Gasteiger partial charge in [-0.15, -0.1) is 6.42 Å². The van der Waals surface area contributed by atoms with E-state index in [-0.39, 0.29) is 11.6 Å². The van der Waals surface area contributed by atoms with Crippen LogP contribution in [0, 0.1) is 25.1 Å². The van der Waals surface area contributed by atoms with E-state index in [9.17, 15) is 4.39 Å². The number of aromatic nitrogens is 3. The van der Waals surface area contributed by atoms with Crippen LogP contribution in [0.3, 0.4) is 0 Å². The van der Waals surface area contributed by atoms with E-state index < -0.39 is 5.82 Å². The summed E-state index contributed by atoms with van der Waals surface area (Å²) in [7, 11) is 0. The highest BCUT2D eigenvalue weighted by atomic mass is 19.1. The van der Waals surface area contributed by atoms with Gasteiger partial charge in [0.2, 0.25) is 5.82 Å². The smallest absolute Gasteiger partial charge is 0.207 e. The third kappa shape index (κ3) is 3.46. The SMILES string of the molecule is C#Cc1nc(Nc2ccc(Oc3cccnc3C)c(F)c2)c2ccccc2n1. The Hall–Kier alpha value is -3.98. The molecule has 0 amide bonds. The minimum atomic E-state index is -0.510. The van der Waals surface area contributed by atoms with Crippen molar-refractivity contribution in [1.29, 1.82) is 0 Å². The summed E-state index contributed by atoms with van der Waals surface area (Å²) in [6.07, 6.45) is 7.10. The normalized spacial score (nSPS) is 10.5. The predicted molar refractivity (Wildman–Crippen MR) is 106 cm³/mol. The number of hydrogen-bond acceptors (Lipinski definition) is 5. The van der Waals surface area contributed by atoms with Gasteiger partial charge >= 0.3 is 0 Å². The summed E-state index contributed by atoms with van der Waals surface area (Å²) in [5.74, 6) is 3.30. The number of halogens is 1. The Bertz CT molecular complexity index is 1220. The second-order valence-corrected chi connectivity index (χ2v) is 6.02. The number of benzene rings is 2. The van der Waals surface area contributed by atoms with E-state index >= 15 is 0 Å². The molecule has 0 saturated heterocycles. The number of para-hydroxylation sites is 1. The summed E-state index contributed by atoms with van der Waals surface area (Å²) in [5, 5.41) is 3.90. The van der Waals surface area contributed by atoms with E-state index in [1.54, 1.807) is 37.4 Å². The fraction of sp³-hybridized carbons (Fsp3) is 0.0455. The number of terminal acetylenes is 1. The molecule has 0 saturated carbocycles. The lowest BCUT2D eigenvalue weighted by Gasteiger charge is -2.12. The Kier molecular flexibility index (Phi) is 4.56. The van der Waals surface area contributed by atoms with Crippen molar-refractivity contribution in [3.05, 3.63) is 78.1 Å². The fourth-order valence-electron chi connectivity index (χ4n) is 2.73. The maximum Gasteiger partial charge on any atom is 0.207 e. The molecule has 0 aliphatic carbocycles. The molecule has 0 aliphatic heterocycles. The van der Waals surface area contributed by atoms with Crippen LogP contribution in [0.15, 0.2) is 60.8 Å². The molecule has 6 heteroatoms. The Labute approximate surface area is 161 Å². The third-order valence-electron chi connectivity index (χ3n) is 4.11. The van der Waals surface area contributed by atoms with Crippen LogP contribution in [0.5, 0.6) is 11.5 Å². The van der Waals surface area contributed by atoms with Gasteiger partial charge in [-0.1, -0.05) is 12.1 Å². The fourth-order valence-corrected chi connectivity index (χ4v) is 2.73. The maximum atomic E-state index is 14.6. The third-order valence-corrected chi connectivity index (χ3v) is 4.11. The van der Waals surface area contributed by atoms with Crippen LogP contribution in [0.1, 0.15) is 11.5 Å². The van der Waals surface area contributed by atoms with Crippen LogP contribution < -0.4 is 10.1 Å². The van der Waals surface area contributed by atoms with Crippen molar-refractivity contribution in [3.8, 4) is 23.8 Å². The molecular weight excluding hydrogens is 355 g/mol. The highest BCUT2D eigenvalue weighted by Gasteiger charge is 2.11. The maximum absolute atomic E-state index is 14.6. The Morgan fingerprint density at radius 2 is 1.89 bits per heavy atom. The van der Waals surface area contributed by atoms with Crippen LogP contribution in [0.25, 0.3) is 10.9 Å². The second-order valence-electron chi connectivity index (χ2n) is 6.02. The molecule has 2 aromatic carbocycles. The lowest BCUT2D eigenvalue weighted by atomic mass is 10.2. The Balaban J connectivity index is 1.65. The van der Waals surface area contributed by atoms with Crippen molar-refractivity contribution in [1.82, 2.24) is 15.0 Å². The van der Waals surface area contributed by atoms with Gasteiger partial charge in [0.25, 0.3) is 0 Å². The second kappa shape index (κ2) is 7.33. The summed E-state index contributed by atoms with van der Waals surface area (Å²) in [4.78, 5) is 12.8. The van der Waals surface area contributed by atoms with Crippen molar-refractivity contribution in [3.63, 3.8) is 0 Å². The molecule has 5 nitrogen and oxygen atoms in total. The molecule has 0 aliphatic rings. The molecule has 2 aromatic heterocycles. The topological polar surface area (TPSA) is 59.9 Å². The summed E-state index contributed by atoms with van der Waals surface area (Å²) in [5.41, 5.74) is 1.90. The van der Waals surface area contributed by atoms with E-state index in [1.807, 2.05) is 24.3 Å². The number of nitrogens with zero attached hydrogens (tertiary/aromatic N) is 3. The lowest BCUT2D eigenvalue weighted by Crippen LogP contribution is -2.00. The highest BCUT2D eigenvalue weighted by Crippen LogP contribution is 2.30. The lowest BCUT2D eigenvalue weighted by molar-refractivity contribution is 0.437. The first-order valence-electron chi connectivity index (χ1n) is 8.53. The van der Waals surface area contributed by atoms with Crippen molar-refractivity contribution in [2.75, 3.05) is 5.32 Å². The molecule has 1 N–H and O–H groups in total. The van der Waals surface area contributed by atoms with Crippen molar-refractivity contribution in [2.24, 2.45) is 0 Å². The van der Waals surface area contributed by atoms with E-state index in [0.29, 0.717) is 28.5 Å². The van der Waals surface area contributed by atoms with Gasteiger partial charge in [0.1, 0.15) is 11.6 Å². The van der Waals surface area contributed by atoms with Crippen LogP contribution in [0.2, 0.25) is 0 Å². The number of rotatable bonds is 4. The number of ether oxygens (including phenoxy) is 1. The number of anilines is 2. The molecule has 0 bridgehead atoms. The van der Waals surface area contributed by atoms with E-state index in [0.717, 1.165) is 5.39 Å². The van der Waals surface area contributed by atoms with E-state index in [2.05, 4.69) is 26.2 Å². The number of fused-ring (bicyclic) bond motifs is 1. The average Bonchev–Trinajstić information content (AvgIpc) is 2.71. The van der Waals surface area contributed by atoms with Crippen LogP contribution >= 0.6 is 0 Å². The molecule has 4 rings (SSSR count). The van der Waals surface area contributed by atoms with Crippen LogP contribution in [-0.2, 0) is 0 Å². The van der Waals surface area contributed by atoms with Crippen LogP contribution in [-0.4, -0.2) is 15.0 Å². The molecular formula is C22H15FN4O. The Morgan fingerprint density at radius 3 is 2.68 bits per heavy atom. The number of nitrogens with one attached hydrogen (secondary N) is 1. The first-order chi connectivity index (χ1) is 13.6. The standard InChI is InChI=1S/C22H15FN4O/c1-3-21-26-18-8-5-4-7-16(18)22(27-21)25-15-10-11-20(17(23)13-15)28-19-9-6-12-24-14(19)2/h1,4-13H,2H3,(H,25,26,27). The number of hydrogen-bond donors (Lipinski definition) is 1. The summed E-state index contributed by atoms with van der Waals surface area (Å²) in [6, 6.07) is 15.5. The summed E-state index contributed by atoms with van der Waals surface area (Å²) >= 11 is 0. The number of pyridine rings is 1. The Morgan fingerprint density at radius 1 is 1.04 bits per heavy atom. The molecule has 28 heavy (non-hydrogen) atoms. The van der Waals surface area contributed by atoms with Crippen molar-refractivity contribution >= 4 is 22.4 Å². The van der Waals surface area contributed by atoms with Gasteiger partial charge in [0.15, 0.2) is 11.6 Å². The molecule has 0 atom stereocenters. The van der Waals surface area contributed by atoms with Crippen molar-refractivity contribution < 1.29 is 9.13 Å². The monoisotopic (exact) mass is 370 g/mol. The van der Waals surface area contributed by atoms with Gasteiger partial charge in [-0.25, -0.2) is 14.4 Å². The van der Waals surface area contributed by atoms with Gasteiger partial charge in [-0.3, -0.25) is 4.98 Å². The van der Waals surface area contributed by atoms with Gasteiger partial charge in [0.05, 0.1) is 11.2 Å². The van der Waals surface area contributed by atoms with Gasteiger partial charge in [-0.2, -0.15) is 0 Å². The average molecular weight is 370 g/mol. The van der Waals surface area contributed by atoms with Crippen LogP contribution in [0.4, 0.5) is 15.9 Å². The molecule has 0 radical (unpaired) electrons. The quantitative estimate of drug-likeness (QED) is 0.513. The molecule has 136 valence electrons. The molecule has 2 heterocycles. The highest BCUT2D eigenvalue weighted by molar-refractivity contribution is 5.91. The van der Waals surface area contributed by atoms with E-state index in [4.69, 9.17) is 11.2 Å². The minimum absolute atomic E-state index is 0.110. The zero-order valence-electron chi connectivity index (χ0n) is 15.0. The first-order valence-corrected chi connectivity index (χ1v) is 8.53. The van der Waals surface area contributed by atoms with Gasteiger partial charge in [0, 0.05) is 23.3 Å². The molecule has 0 unspecified atom stereocenters. The molecule has 4 aromatic rings. The minimum Gasteiger partial charge on any atom is -0.452 e. The summed E-state index contributed by atoms with van der Waals surface area (Å²) in [6.45, 7) is 1.80. The van der Waals surface area contributed by atoms with E-state index in [1.165, 1.54) is 6.07 Å². The number of aryl methyl sites for hydroxylation is 1. The zero-order chi connectivity index (χ0) is 19.5.